The number of halogens is 2. The Morgan fingerprint density at radius 1 is 1.13 bits per heavy atom. The highest BCUT2D eigenvalue weighted by atomic mass is 19.3. The number of ether oxygens (including phenoxy) is 2. The van der Waals surface area contributed by atoms with E-state index < -0.39 is 12.5 Å². The molecular weight excluding hydrogens is 592 g/mol. The zero-order valence-electron chi connectivity index (χ0n) is 25.9. The van der Waals surface area contributed by atoms with E-state index in [1.165, 1.54) is 27.9 Å². The summed E-state index contributed by atoms with van der Waals surface area (Å²) in [6.07, 6.45) is 10.7. The summed E-state index contributed by atoms with van der Waals surface area (Å²) >= 11 is 0. The second-order valence-electron chi connectivity index (χ2n) is 11.6. The number of nitrogens with zero attached hydrogens (tertiary/aromatic N) is 6. The minimum atomic E-state index is -3.08. The highest BCUT2D eigenvalue weighted by molar-refractivity contribution is 6.09. The van der Waals surface area contributed by atoms with Gasteiger partial charge in [0.25, 0.3) is 5.91 Å². The van der Waals surface area contributed by atoms with Crippen molar-refractivity contribution in [1.29, 1.82) is 0 Å². The smallest absolute Gasteiger partial charge is 0.387 e. The first kappa shape index (κ1) is 30.9. The molecule has 46 heavy (non-hydrogen) atoms. The van der Waals surface area contributed by atoms with Crippen molar-refractivity contribution >= 4 is 22.8 Å². The van der Waals surface area contributed by atoms with E-state index >= 15 is 0 Å². The third kappa shape index (κ3) is 6.62. The van der Waals surface area contributed by atoms with E-state index in [1.807, 2.05) is 24.3 Å². The van der Waals surface area contributed by atoms with Gasteiger partial charge in [-0.1, -0.05) is 25.1 Å². The van der Waals surface area contributed by atoms with E-state index in [0.29, 0.717) is 29.1 Å². The summed E-state index contributed by atoms with van der Waals surface area (Å²) in [5, 5.41) is 11.5. The molecule has 2 atom stereocenters. The first-order chi connectivity index (χ1) is 22.2. The van der Waals surface area contributed by atoms with Crippen molar-refractivity contribution < 1.29 is 23.0 Å². The molecule has 10 nitrogen and oxygen atoms in total. The molecule has 2 aromatic carbocycles. The van der Waals surface area contributed by atoms with E-state index in [4.69, 9.17) is 9.47 Å². The first-order valence-corrected chi connectivity index (χ1v) is 15.0. The van der Waals surface area contributed by atoms with Crippen LogP contribution in [0.3, 0.4) is 0 Å². The average molecular weight is 628 g/mol. The molecule has 0 bridgehead atoms. The number of nitrogens with one attached hydrogen (secondary N) is 1. The van der Waals surface area contributed by atoms with Crippen molar-refractivity contribution in [1.82, 2.24) is 29.3 Å². The highest BCUT2D eigenvalue weighted by Gasteiger charge is 2.26. The minimum Gasteiger partial charge on any atom is -0.457 e. The number of aryl methyl sites for hydroxylation is 1. The van der Waals surface area contributed by atoms with Gasteiger partial charge in [-0.3, -0.25) is 9.48 Å². The maximum Gasteiger partial charge on any atom is 0.387 e. The van der Waals surface area contributed by atoms with Crippen molar-refractivity contribution in [3.8, 4) is 28.5 Å². The normalized spacial score (nSPS) is 16.6. The van der Waals surface area contributed by atoms with Crippen LogP contribution >= 0.6 is 0 Å². The van der Waals surface area contributed by atoms with Gasteiger partial charge >= 0.3 is 6.61 Å². The first-order valence-electron chi connectivity index (χ1n) is 15.0. The Morgan fingerprint density at radius 3 is 2.76 bits per heavy atom. The van der Waals surface area contributed by atoms with Gasteiger partial charge < -0.3 is 19.7 Å². The Morgan fingerprint density at radius 2 is 1.96 bits per heavy atom. The zero-order valence-corrected chi connectivity index (χ0v) is 25.9. The number of benzene rings is 2. The number of aromatic nitrogens is 5. The molecule has 1 amide bonds. The minimum absolute atomic E-state index is 0.121. The largest absolute Gasteiger partial charge is 0.457 e. The Hall–Kier alpha value is -5.10. The van der Waals surface area contributed by atoms with E-state index in [0.717, 1.165) is 30.4 Å². The molecule has 238 valence electrons. The monoisotopic (exact) mass is 627 g/mol. The molecule has 1 aliphatic carbocycles. The lowest BCUT2D eigenvalue weighted by Gasteiger charge is -2.34. The molecule has 0 radical (unpaired) electrons. The third-order valence-electron chi connectivity index (χ3n) is 8.33. The second kappa shape index (κ2) is 13.1. The Kier molecular flexibility index (Phi) is 8.80. The van der Waals surface area contributed by atoms with Gasteiger partial charge in [0.05, 0.1) is 17.4 Å². The van der Waals surface area contributed by atoms with E-state index in [9.17, 15) is 13.6 Å². The maximum absolute atomic E-state index is 13.5. The van der Waals surface area contributed by atoms with Crippen molar-refractivity contribution in [2.45, 2.75) is 38.3 Å². The predicted octanol–water partition coefficient (Wildman–Crippen LogP) is 6.91. The summed E-state index contributed by atoms with van der Waals surface area (Å²) in [6.45, 7) is 1.36. The number of amides is 1. The van der Waals surface area contributed by atoms with E-state index in [2.05, 4.69) is 46.1 Å². The number of alkyl halides is 2. The van der Waals surface area contributed by atoms with Gasteiger partial charge in [-0.2, -0.15) is 19.0 Å². The predicted molar refractivity (Wildman–Crippen MR) is 171 cm³/mol. The molecule has 12 heteroatoms. The topological polar surface area (TPSA) is 98.8 Å². The summed E-state index contributed by atoms with van der Waals surface area (Å²) in [5.41, 5.74) is 3.39. The fourth-order valence-electron chi connectivity index (χ4n) is 5.99. The Labute approximate surface area is 265 Å². The molecule has 0 saturated heterocycles. The van der Waals surface area contributed by atoms with Crippen LogP contribution in [0, 0.1) is 5.92 Å². The van der Waals surface area contributed by atoms with Crippen molar-refractivity contribution in [2.75, 3.05) is 19.4 Å². The summed E-state index contributed by atoms with van der Waals surface area (Å²) in [7, 11) is 5.91. The van der Waals surface area contributed by atoms with Gasteiger partial charge in [-0.25, -0.2) is 9.50 Å². The van der Waals surface area contributed by atoms with Crippen molar-refractivity contribution in [2.24, 2.45) is 13.0 Å². The number of hydrogen-bond donors (Lipinski definition) is 1. The number of carbonyl (C=O) groups is 1. The highest BCUT2D eigenvalue weighted by Crippen LogP contribution is 2.40. The molecular formula is C34H35F2N7O3. The van der Waals surface area contributed by atoms with Crippen LogP contribution in [-0.2, 0) is 7.05 Å². The van der Waals surface area contributed by atoms with Crippen molar-refractivity contribution in [3.63, 3.8) is 0 Å². The molecule has 3 heterocycles. The second-order valence-corrected chi connectivity index (χ2v) is 11.6. The van der Waals surface area contributed by atoms with Gasteiger partial charge in [0.1, 0.15) is 28.5 Å². The number of allylic oxidation sites excluding steroid dienone is 1. The number of rotatable bonds is 10. The molecule has 1 fully saturated rings. The third-order valence-corrected chi connectivity index (χ3v) is 8.33. The summed E-state index contributed by atoms with van der Waals surface area (Å²) in [4.78, 5) is 19.8. The van der Waals surface area contributed by atoms with Crippen LogP contribution in [0.4, 0.5) is 14.5 Å². The van der Waals surface area contributed by atoms with E-state index in [-0.39, 0.29) is 28.3 Å². The van der Waals surface area contributed by atoms with Crippen LogP contribution < -0.4 is 14.8 Å². The fourth-order valence-corrected chi connectivity index (χ4v) is 5.99. The standard InChI is InChI=1S/C34H35F2N7O3/c1-21(22-8-5-10-24(16-22)41(2)3)23-9-6-11-25(17-23)45-26-12-13-30(46-34(35)36)27(18-26)31-29(20-42(4)40-31)39-33(44)28-19-38-43-15-7-14-37-32(28)43/h6-7,9,11-15,17-20,22,24,34H,1,5,8,10,16H2,2-4H3,(H,39,44)/t22?,24-/m1/s1. The molecule has 6 rings (SSSR count). The van der Waals surface area contributed by atoms with E-state index in [1.54, 1.807) is 43.8 Å². The fraction of sp³-hybridized carbons (Fsp3) is 0.294. The number of carbonyl (C=O) groups excluding carboxylic acids is 1. The van der Waals surface area contributed by atoms with Gasteiger partial charge in [0, 0.05) is 31.7 Å². The molecule has 5 aromatic rings. The van der Waals surface area contributed by atoms with Crippen LogP contribution in [0.2, 0.25) is 0 Å². The quantitative estimate of drug-likeness (QED) is 0.180. The average Bonchev–Trinajstić information content (AvgIpc) is 3.64. The lowest BCUT2D eigenvalue weighted by molar-refractivity contribution is -0.0494. The van der Waals surface area contributed by atoms with Crippen LogP contribution in [0.1, 0.15) is 41.6 Å². The van der Waals surface area contributed by atoms with Crippen LogP contribution in [0.15, 0.2) is 79.9 Å². The molecule has 3 aromatic heterocycles. The lowest BCUT2D eigenvalue weighted by Crippen LogP contribution is -2.33. The van der Waals surface area contributed by atoms with Crippen LogP contribution in [0.25, 0.3) is 22.5 Å². The summed E-state index contributed by atoms with van der Waals surface area (Å²) < 4.78 is 41.0. The molecule has 0 spiro atoms. The maximum atomic E-state index is 13.5. The van der Waals surface area contributed by atoms with Gasteiger partial charge in [0.15, 0.2) is 5.65 Å². The Balaban J connectivity index is 1.28. The summed E-state index contributed by atoms with van der Waals surface area (Å²) in [6, 6.07) is 14.5. The lowest BCUT2D eigenvalue weighted by atomic mass is 9.79. The molecule has 1 saturated carbocycles. The number of fused-ring (bicyclic) bond motifs is 1. The SMILES string of the molecule is C=C(c1cccc(Oc2ccc(OC(F)F)c(-c3nn(C)cc3NC(=O)c3cnn4cccnc34)c2)c1)C1CCC[C@@H](N(C)C)C1. The zero-order chi connectivity index (χ0) is 32.4. The van der Waals surface area contributed by atoms with Gasteiger partial charge in [0.2, 0.25) is 0 Å². The molecule has 1 N–H and O–H groups in total. The Bertz CT molecular complexity index is 1880. The summed E-state index contributed by atoms with van der Waals surface area (Å²) in [5.74, 6) is 0.715. The number of hydrogen-bond acceptors (Lipinski definition) is 7. The molecule has 0 aliphatic heterocycles. The van der Waals surface area contributed by atoms with Gasteiger partial charge in [-0.05, 0) is 86.8 Å². The van der Waals surface area contributed by atoms with Crippen molar-refractivity contribution in [3.05, 3.63) is 91.0 Å². The number of anilines is 1. The molecule has 1 aliphatic rings. The van der Waals surface area contributed by atoms with Crippen LogP contribution in [-0.4, -0.2) is 61.9 Å². The molecule has 1 unspecified atom stereocenters. The van der Waals surface area contributed by atoms with Gasteiger partial charge in [-0.15, -0.1) is 0 Å². The van der Waals surface area contributed by atoms with Crippen LogP contribution in [0.5, 0.6) is 17.2 Å².